The van der Waals surface area contributed by atoms with E-state index < -0.39 is 0 Å². The maximum atomic E-state index is 11.3. The number of para-hydroxylation sites is 2. The van der Waals surface area contributed by atoms with Gasteiger partial charge in [0.2, 0.25) is 0 Å². The molecule has 4 nitrogen and oxygen atoms in total. The van der Waals surface area contributed by atoms with Gasteiger partial charge in [0, 0.05) is 38.5 Å². The molecular formula is C51H46N3OPt-. The van der Waals surface area contributed by atoms with Gasteiger partial charge in [-0.3, -0.25) is 9.55 Å². The average Bonchev–Trinajstić information content (AvgIpc) is 3.61. The second-order valence-electron chi connectivity index (χ2n) is 15.7. The molecule has 0 fully saturated rings. The third-order valence-electron chi connectivity index (χ3n) is 9.96. The zero-order valence-corrected chi connectivity index (χ0v) is 34.7. The van der Waals surface area contributed by atoms with Gasteiger partial charge in [0.15, 0.2) is 0 Å². The molecule has 0 spiro atoms. The Bertz CT molecular complexity index is 2870. The second kappa shape index (κ2) is 15.9. The van der Waals surface area contributed by atoms with Gasteiger partial charge in [-0.05, 0) is 83.3 Å². The number of rotatable bonds is 8. The molecule has 2 heterocycles. The molecule has 5 heteroatoms. The van der Waals surface area contributed by atoms with Crippen molar-refractivity contribution >= 4 is 11.0 Å². The van der Waals surface area contributed by atoms with Crippen molar-refractivity contribution in [3.63, 3.8) is 0 Å². The molecule has 0 saturated heterocycles. The van der Waals surface area contributed by atoms with Crippen LogP contribution in [0.15, 0.2) is 146 Å². The summed E-state index contributed by atoms with van der Waals surface area (Å²) in [5, 5.41) is 11.3. The Morgan fingerprint density at radius 2 is 1.45 bits per heavy atom. The summed E-state index contributed by atoms with van der Waals surface area (Å²) in [4.78, 5) is 10.1. The monoisotopic (exact) mass is 915 g/mol. The Labute approximate surface area is 350 Å². The van der Waals surface area contributed by atoms with E-state index >= 15 is 0 Å². The van der Waals surface area contributed by atoms with Crippen LogP contribution in [0.2, 0.25) is 0 Å². The Kier molecular flexibility index (Phi) is 9.57. The molecule has 0 aliphatic carbocycles. The molecule has 2 aromatic heterocycles. The van der Waals surface area contributed by atoms with Crippen molar-refractivity contribution in [1.82, 2.24) is 14.5 Å². The van der Waals surface area contributed by atoms with Crippen molar-refractivity contribution in [2.24, 2.45) is 5.92 Å². The summed E-state index contributed by atoms with van der Waals surface area (Å²) < 4.78 is 36.6. The molecule has 56 heavy (non-hydrogen) atoms. The average molecular weight is 916 g/mol. The van der Waals surface area contributed by atoms with Crippen LogP contribution in [0.1, 0.15) is 56.8 Å². The topological polar surface area (TPSA) is 50.9 Å². The quantitative estimate of drug-likeness (QED) is 0.155. The van der Waals surface area contributed by atoms with Crippen molar-refractivity contribution in [1.29, 1.82) is 0 Å². The van der Waals surface area contributed by atoms with Crippen LogP contribution < -0.4 is 0 Å². The van der Waals surface area contributed by atoms with Gasteiger partial charge in [-0.1, -0.05) is 142 Å². The van der Waals surface area contributed by atoms with Crippen LogP contribution >= 0.6 is 0 Å². The summed E-state index contributed by atoms with van der Waals surface area (Å²) in [6, 6.07) is 41.7. The van der Waals surface area contributed by atoms with Gasteiger partial charge in [0.05, 0.1) is 27.8 Å². The fraction of sp³-hybridized carbons (Fsp3) is 0.176. The number of benzene rings is 6. The van der Waals surface area contributed by atoms with E-state index in [9.17, 15) is 5.11 Å². The molecular weight excluding hydrogens is 866 g/mol. The number of hydrogen-bond acceptors (Lipinski definition) is 3. The number of pyridine rings is 1. The summed E-state index contributed by atoms with van der Waals surface area (Å²) in [5.74, 6) is 1.23. The number of aromatic hydroxyl groups is 1. The largest absolute Gasteiger partial charge is 0.507 e. The molecule has 0 bridgehead atoms. The molecule has 0 aliphatic rings. The summed E-state index contributed by atoms with van der Waals surface area (Å²) in [6.45, 7) is 12.6. The number of imidazole rings is 1. The maximum Gasteiger partial charge on any atom is 0.148 e. The van der Waals surface area contributed by atoms with Crippen LogP contribution in [0.25, 0.3) is 72.7 Å². The molecule has 1 N–H and O–H groups in total. The predicted molar refractivity (Wildman–Crippen MR) is 229 cm³/mol. The fourth-order valence-electron chi connectivity index (χ4n) is 7.17. The molecule has 0 aliphatic heterocycles. The van der Waals surface area contributed by atoms with Crippen molar-refractivity contribution in [3.05, 3.63) is 168 Å². The Balaban J connectivity index is 0.00000544. The van der Waals surface area contributed by atoms with Gasteiger partial charge >= 0.3 is 0 Å². The van der Waals surface area contributed by atoms with Crippen LogP contribution in [-0.2, 0) is 32.9 Å². The minimum absolute atomic E-state index is 0. The fourth-order valence-corrected chi connectivity index (χ4v) is 7.17. The number of phenols is 1. The van der Waals surface area contributed by atoms with Crippen LogP contribution in [0.4, 0.5) is 0 Å². The summed E-state index contributed by atoms with van der Waals surface area (Å²) in [6.07, 6.45) is 2.59. The van der Waals surface area contributed by atoms with E-state index in [0.717, 1.165) is 56.5 Å². The molecule has 6 aromatic carbocycles. The molecule has 0 radical (unpaired) electrons. The summed E-state index contributed by atoms with van der Waals surface area (Å²) in [7, 11) is 0. The van der Waals surface area contributed by atoms with Crippen LogP contribution in [-0.4, -0.2) is 19.6 Å². The van der Waals surface area contributed by atoms with Gasteiger partial charge in [-0.25, -0.2) is 4.98 Å². The van der Waals surface area contributed by atoms with E-state index in [-0.39, 0.29) is 62.0 Å². The first-order valence-corrected chi connectivity index (χ1v) is 18.8. The number of hydrogen-bond donors (Lipinski definition) is 1. The third-order valence-corrected chi connectivity index (χ3v) is 9.96. The Morgan fingerprint density at radius 1 is 0.732 bits per heavy atom. The first-order chi connectivity index (χ1) is 28.2. The first kappa shape index (κ1) is 33.7. The van der Waals surface area contributed by atoms with E-state index in [1.54, 1.807) is 25.3 Å². The summed E-state index contributed by atoms with van der Waals surface area (Å²) in [5.41, 5.74) is 11.4. The van der Waals surface area contributed by atoms with Crippen molar-refractivity contribution in [2.75, 3.05) is 0 Å². The molecule has 0 atom stereocenters. The molecule has 0 amide bonds. The van der Waals surface area contributed by atoms with Gasteiger partial charge in [-0.15, -0.1) is 29.3 Å². The smallest absolute Gasteiger partial charge is 0.148 e. The Hall–Kier alpha value is -5.57. The van der Waals surface area contributed by atoms with E-state index in [1.165, 1.54) is 5.56 Å². The van der Waals surface area contributed by atoms with Gasteiger partial charge in [-0.2, -0.15) is 0 Å². The van der Waals surface area contributed by atoms with Crippen LogP contribution in [0.3, 0.4) is 0 Å². The number of phenolic OH excluding ortho intramolecular Hbond substituents is 1. The molecule has 0 saturated carbocycles. The number of aromatic nitrogens is 3. The van der Waals surface area contributed by atoms with Crippen molar-refractivity contribution < 1.29 is 31.7 Å². The predicted octanol–water partition coefficient (Wildman–Crippen LogP) is 13.1. The van der Waals surface area contributed by atoms with Gasteiger partial charge in [0.25, 0.3) is 0 Å². The molecule has 0 unspecified atom stereocenters. The van der Waals surface area contributed by atoms with Crippen molar-refractivity contribution in [3.8, 4) is 67.5 Å². The molecule has 8 aromatic rings. The van der Waals surface area contributed by atoms with E-state index in [0.29, 0.717) is 34.1 Å². The standard InChI is InChI=1S/C51H46N3O.Pt/c1-33(2)27-35-21-24-46(44(28-35)37-13-8-7-9-14-37)54-47-17-12-16-42(49(47)53-50(54)43-15-10-11-18-48(43)55)39-29-40(31-41(30-39)51(4,5)6)45-32-38(25-26-52-45)36-22-19-34(3)20-23-36;/h7-26,28,30-33,55H,27H2,1-6H3;/q-1;/i19D,20D,22D,23D;. The SMILES string of the molecule is [2H]c1c([2H])c(-c2ccnc(-c3[c-]c(-c4cccc5c4nc(-c4ccccc4O)n5-c4ccc(CC(C)C)cc4-c4ccccc4)cc(C(C)(C)C)c3)c2)c([2H])c([2H])c1C.[Pt]. The summed E-state index contributed by atoms with van der Waals surface area (Å²) >= 11 is 0. The molecule has 8 rings (SSSR count). The van der Waals surface area contributed by atoms with Crippen LogP contribution in [0, 0.1) is 18.9 Å². The van der Waals surface area contributed by atoms with Gasteiger partial charge < -0.3 is 5.11 Å². The Morgan fingerprint density at radius 3 is 2.18 bits per heavy atom. The number of nitrogens with zero attached hydrogens (tertiary/aromatic N) is 3. The van der Waals surface area contributed by atoms with E-state index in [4.69, 9.17) is 15.5 Å². The van der Waals surface area contributed by atoms with Crippen molar-refractivity contribution in [2.45, 2.75) is 53.4 Å². The minimum atomic E-state index is -0.257. The second-order valence-corrected chi connectivity index (χ2v) is 15.7. The number of fused-ring (bicyclic) bond motifs is 1. The normalized spacial score (nSPS) is 12.6. The third kappa shape index (κ3) is 7.77. The maximum absolute atomic E-state index is 11.3. The first-order valence-electron chi connectivity index (χ1n) is 20.8. The van der Waals surface area contributed by atoms with E-state index in [1.807, 2.05) is 36.4 Å². The molecule has 282 valence electrons. The van der Waals surface area contributed by atoms with E-state index in [2.05, 4.69) is 112 Å². The van der Waals surface area contributed by atoms with Gasteiger partial charge in [0.1, 0.15) is 11.6 Å². The zero-order chi connectivity index (χ0) is 41.7. The zero-order valence-electron chi connectivity index (χ0n) is 36.4. The van der Waals surface area contributed by atoms with Crippen LogP contribution in [0.5, 0.6) is 5.75 Å². The minimum Gasteiger partial charge on any atom is -0.507 e.